The van der Waals surface area contributed by atoms with Crippen molar-refractivity contribution >= 4 is 23.0 Å². The fraction of sp³-hybridized carbons (Fsp3) is 0.276. The van der Waals surface area contributed by atoms with Crippen LogP contribution >= 0.6 is 12.2 Å². The molecule has 0 bridgehead atoms. The van der Waals surface area contributed by atoms with Crippen LogP contribution in [0, 0.1) is 0 Å². The van der Waals surface area contributed by atoms with E-state index in [0.717, 1.165) is 47.8 Å². The van der Waals surface area contributed by atoms with Gasteiger partial charge >= 0.3 is 0 Å². The number of pyridine rings is 2. The number of aromatic nitrogens is 3. The molecule has 6 nitrogen and oxygen atoms in total. The van der Waals surface area contributed by atoms with Crippen LogP contribution in [-0.4, -0.2) is 25.8 Å². The molecule has 1 aliphatic carbocycles. The van der Waals surface area contributed by atoms with Crippen molar-refractivity contribution in [1.82, 2.24) is 19.9 Å². The summed E-state index contributed by atoms with van der Waals surface area (Å²) in [5.41, 5.74) is 4.30. The summed E-state index contributed by atoms with van der Waals surface area (Å²) in [5, 5.41) is 4.25. The minimum absolute atomic E-state index is 0.0688. The van der Waals surface area contributed by atoms with Crippen LogP contribution in [0.15, 0.2) is 91.5 Å². The van der Waals surface area contributed by atoms with Crippen molar-refractivity contribution in [3.05, 3.63) is 108 Å². The molecule has 0 spiro atoms. The van der Waals surface area contributed by atoms with Crippen molar-refractivity contribution in [2.45, 2.75) is 50.4 Å². The van der Waals surface area contributed by atoms with Crippen LogP contribution in [0.3, 0.4) is 0 Å². The maximum Gasteiger partial charge on any atom is 0.174 e. The van der Waals surface area contributed by atoms with Crippen molar-refractivity contribution in [3.63, 3.8) is 0 Å². The Morgan fingerprint density at radius 3 is 2.56 bits per heavy atom. The predicted octanol–water partition coefficient (Wildman–Crippen LogP) is 5.82. The van der Waals surface area contributed by atoms with E-state index in [2.05, 4.69) is 79.5 Å². The second kappa shape index (κ2) is 10.1. The summed E-state index contributed by atoms with van der Waals surface area (Å²) in [5.74, 6) is 0.918. The molecule has 2 aliphatic rings. The lowest BCUT2D eigenvalue weighted by Gasteiger charge is -2.29. The highest BCUT2D eigenvalue weighted by Gasteiger charge is 2.42. The molecular formula is C29H29N5OS. The second-order valence-corrected chi connectivity index (χ2v) is 9.82. The number of rotatable bonds is 7. The van der Waals surface area contributed by atoms with Gasteiger partial charge in [0.05, 0.1) is 17.8 Å². The van der Waals surface area contributed by atoms with Crippen molar-refractivity contribution in [3.8, 4) is 5.75 Å². The van der Waals surface area contributed by atoms with Gasteiger partial charge in [-0.15, -0.1) is 0 Å². The third-order valence-electron chi connectivity index (χ3n) is 7.06. The Kier molecular flexibility index (Phi) is 6.38. The molecule has 0 radical (unpaired) electrons. The number of hydrogen-bond donors (Lipinski definition) is 1. The molecule has 0 amide bonds. The molecule has 4 aromatic rings. The van der Waals surface area contributed by atoms with Crippen LogP contribution < -0.4 is 15.0 Å². The molecule has 1 N–H and O–H groups in total. The normalized spacial score (nSPS) is 20.0. The SMILES string of the molecule is S=C1N[C@@H](c2ccccn2)[C@@H](c2cccn2Cc2cccnc2)N1c1ccc(OC2CCCC2)cc1. The Bertz CT molecular complexity index is 1300. The predicted molar refractivity (Wildman–Crippen MR) is 145 cm³/mol. The molecule has 4 heterocycles. The van der Waals surface area contributed by atoms with Gasteiger partial charge in [0.25, 0.3) is 0 Å². The molecule has 1 aromatic carbocycles. The van der Waals surface area contributed by atoms with Crippen LogP contribution in [0.5, 0.6) is 5.75 Å². The van der Waals surface area contributed by atoms with Gasteiger partial charge in [-0.05, 0) is 98.1 Å². The lowest BCUT2D eigenvalue weighted by atomic mass is 10.0. The summed E-state index contributed by atoms with van der Waals surface area (Å²) >= 11 is 5.91. The van der Waals surface area contributed by atoms with Gasteiger partial charge in [-0.1, -0.05) is 12.1 Å². The molecule has 2 atom stereocenters. The monoisotopic (exact) mass is 495 g/mol. The first-order valence-electron chi connectivity index (χ1n) is 12.6. The average Bonchev–Trinajstić information content (AvgIpc) is 3.66. The number of nitrogens with zero attached hydrogens (tertiary/aromatic N) is 4. The van der Waals surface area contributed by atoms with Crippen molar-refractivity contribution < 1.29 is 4.74 Å². The Labute approximate surface area is 217 Å². The van der Waals surface area contributed by atoms with E-state index in [1.165, 1.54) is 12.8 Å². The maximum atomic E-state index is 6.21. The Morgan fingerprint density at radius 2 is 1.81 bits per heavy atom. The fourth-order valence-corrected chi connectivity index (χ4v) is 5.69. The third-order valence-corrected chi connectivity index (χ3v) is 7.38. The standard InChI is InChI=1S/C29H29N5OS/c36-29-32-27(25-10-3-4-17-31-25)28(26-11-6-18-33(26)20-21-7-5-16-30-19-21)34(29)22-12-14-24(15-13-22)35-23-8-1-2-9-23/h3-7,10-19,23,27-28H,1-2,8-9,20H2,(H,32,36)/t27-,28+/m0/s1. The highest BCUT2D eigenvalue weighted by Crippen LogP contribution is 2.42. The van der Waals surface area contributed by atoms with Gasteiger partial charge in [-0.3, -0.25) is 9.97 Å². The zero-order chi connectivity index (χ0) is 24.3. The van der Waals surface area contributed by atoms with E-state index in [1.807, 2.05) is 30.6 Å². The molecule has 1 saturated carbocycles. The highest BCUT2D eigenvalue weighted by atomic mass is 32.1. The van der Waals surface area contributed by atoms with Crippen LogP contribution in [-0.2, 0) is 6.54 Å². The quantitative estimate of drug-likeness (QED) is 0.326. The number of anilines is 1. The molecule has 0 unspecified atom stereocenters. The molecule has 1 saturated heterocycles. The van der Waals surface area contributed by atoms with Crippen molar-refractivity contribution in [2.24, 2.45) is 0 Å². The minimum Gasteiger partial charge on any atom is -0.490 e. The summed E-state index contributed by atoms with van der Waals surface area (Å²) in [7, 11) is 0. The highest BCUT2D eigenvalue weighted by molar-refractivity contribution is 7.80. The number of thiocarbonyl (C=S) groups is 1. The van der Waals surface area contributed by atoms with Gasteiger partial charge < -0.3 is 19.5 Å². The Hall–Kier alpha value is -3.71. The largest absolute Gasteiger partial charge is 0.490 e. The molecule has 1 aliphatic heterocycles. The van der Waals surface area contributed by atoms with E-state index < -0.39 is 0 Å². The van der Waals surface area contributed by atoms with E-state index in [1.54, 1.807) is 6.20 Å². The molecule has 6 rings (SSSR count). The number of nitrogens with one attached hydrogen (secondary N) is 1. The van der Waals surface area contributed by atoms with E-state index in [9.17, 15) is 0 Å². The third kappa shape index (κ3) is 4.58. The lowest BCUT2D eigenvalue weighted by Crippen LogP contribution is -2.30. The number of ether oxygens (including phenoxy) is 1. The van der Waals surface area contributed by atoms with Crippen LogP contribution in [0.25, 0.3) is 0 Å². The molecular weight excluding hydrogens is 466 g/mol. The molecule has 7 heteroatoms. The van der Waals surface area contributed by atoms with Crippen LogP contribution in [0.4, 0.5) is 5.69 Å². The first-order valence-corrected chi connectivity index (χ1v) is 13.0. The first kappa shape index (κ1) is 22.7. The van der Waals surface area contributed by atoms with Gasteiger partial charge in [0, 0.05) is 42.7 Å². The molecule has 3 aromatic heterocycles. The number of benzene rings is 1. The van der Waals surface area contributed by atoms with Crippen LogP contribution in [0.2, 0.25) is 0 Å². The van der Waals surface area contributed by atoms with Crippen molar-refractivity contribution in [1.29, 1.82) is 0 Å². The average molecular weight is 496 g/mol. The smallest absolute Gasteiger partial charge is 0.174 e. The summed E-state index contributed by atoms with van der Waals surface area (Å²) < 4.78 is 8.48. The van der Waals surface area contributed by atoms with Gasteiger partial charge in [0.2, 0.25) is 0 Å². The van der Waals surface area contributed by atoms with Gasteiger partial charge in [0.1, 0.15) is 11.8 Å². The summed E-state index contributed by atoms with van der Waals surface area (Å²) in [4.78, 5) is 11.2. The lowest BCUT2D eigenvalue weighted by molar-refractivity contribution is 0.210. The summed E-state index contributed by atoms with van der Waals surface area (Å²) in [6.45, 7) is 0.733. The zero-order valence-electron chi connectivity index (χ0n) is 20.0. The van der Waals surface area contributed by atoms with E-state index >= 15 is 0 Å². The van der Waals surface area contributed by atoms with Crippen molar-refractivity contribution in [2.75, 3.05) is 4.90 Å². The van der Waals surface area contributed by atoms with E-state index in [-0.39, 0.29) is 12.1 Å². The fourth-order valence-electron chi connectivity index (χ4n) is 5.35. The first-order chi connectivity index (χ1) is 17.8. The molecule has 182 valence electrons. The molecule has 2 fully saturated rings. The topological polar surface area (TPSA) is 55.2 Å². The van der Waals surface area contributed by atoms with Gasteiger partial charge in [-0.25, -0.2) is 0 Å². The van der Waals surface area contributed by atoms with Gasteiger partial charge in [0.15, 0.2) is 5.11 Å². The Morgan fingerprint density at radius 1 is 0.944 bits per heavy atom. The summed E-state index contributed by atoms with van der Waals surface area (Å²) in [6.07, 6.45) is 12.8. The number of hydrogen-bond acceptors (Lipinski definition) is 4. The maximum absolute atomic E-state index is 6.21. The Balaban J connectivity index is 1.35. The van der Waals surface area contributed by atoms with E-state index in [4.69, 9.17) is 17.0 Å². The van der Waals surface area contributed by atoms with E-state index in [0.29, 0.717) is 11.2 Å². The molecule has 36 heavy (non-hydrogen) atoms. The van der Waals surface area contributed by atoms with Crippen LogP contribution in [0.1, 0.15) is 54.7 Å². The minimum atomic E-state index is -0.0873. The second-order valence-electron chi connectivity index (χ2n) is 9.44. The summed E-state index contributed by atoms with van der Waals surface area (Å²) in [6, 6.07) is 22.6. The zero-order valence-corrected chi connectivity index (χ0v) is 20.8. The van der Waals surface area contributed by atoms with Gasteiger partial charge in [-0.2, -0.15) is 0 Å².